The number of carbonyl (C=O) groups excluding carboxylic acids is 1. The van der Waals surface area contributed by atoms with Crippen molar-refractivity contribution in [1.29, 1.82) is 0 Å². The molecule has 0 unspecified atom stereocenters. The molecule has 0 aliphatic heterocycles. The average Bonchev–Trinajstić information content (AvgIpc) is 2.61. The first kappa shape index (κ1) is 20.6. The van der Waals surface area contributed by atoms with Gasteiger partial charge in [-0.05, 0) is 41.7 Å². The number of aliphatic hydroxyl groups excluding tert-OH is 1. The highest BCUT2D eigenvalue weighted by Crippen LogP contribution is 2.25. The fraction of sp³-hybridized carbons (Fsp3) is 0.350. The summed E-state index contributed by atoms with van der Waals surface area (Å²) in [5.41, 5.74) is 2.76. The Labute approximate surface area is 164 Å². The van der Waals surface area contributed by atoms with E-state index >= 15 is 0 Å². The lowest BCUT2D eigenvalue weighted by Gasteiger charge is -2.24. The molecule has 0 saturated heterocycles. The zero-order chi connectivity index (χ0) is 19.1. The predicted molar refractivity (Wildman–Crippen MR) is 108 cm³/mol. The van der Waals surface area contributed by atoms with Crippen molar-refractivity contribution in [3.63, 3.8) is 0 Å². The van der Waals surface area contributed by atoms with Crippen molar-refractivity contribution >= 4 is 34.9 Å². The van der Waals surface area contributed by atoms with Crippen molar-refractivity contribution < 1.29 is 9.90 Å². The van der Waals surface area contributed by atoms with Crippen LogP contribution in [0.1, 0.15) is 37.3 Å². The zero-order valence-electron chi connectivity index (χ0n) is 15.0. The molecular weight excluding hydrogens is 371 g/mol. The van der Waals surface area contributed by atoms with Gasteiger partial charge in [-0.25, -0.2) is 4.79 Å². The van der Waals surface area contributed by atoms with Crippen molar-refractivity contribution in [3.05, 3.63) is 63.6 Å². The van der Waals surface area contributed by atoms with Crippen molar-refractivity contribution in [3.8, 4) is 0 Å². The van der Waals surface area contributed by atoms with E-state index in [1.54, 1.807) is 17.0 Å². The van der Waals surface area contributed by atoms with Crippen LogP contribution >= 0.6 is 23.2 Å². The second kappa shape index (κ2) is 9.81. The highest BCUT2D eigenvalue weighted by Gasteiger charge is 2.16. The van der Waals surface area contributed by atoms with Gasteiger partial charge in [-0.15, -0.1) is 0 Å². The first-order valence-electron chi connectivity index (χ1n) is 8.62. The van der Waals surface area contributed by atoms with Crippen molar-refractivity contribution in [2.75, 3.05) is 18.5 Å². The van der Waals surface area contributed by atoms with Gasteiger partial charge in [0.2, 0.25) is 0 Å². The summed E-state index contributed by atoms with van der Waals surface area (Å²) in [7, 11) is 0. The molecule has 0 aliphatic rings. The monoisotopic (exact) mass is 394 g/mol. The van der Waals surface area contributed by atoms with E-state index in [9.17, 15) is 4.79 Å². The van der Waals surface area contributed by atoms with E-state index < -0.39 is 0 Å². The molecule has 2 amide bonds. The molecule has 4 nitrogen and oxygen atoms in total. The van der Waals surface area contributed by atoms with E-state index in [-0.39, 0.29) is 12.6 Å². The second-order valence-corrected chi connectivity index (χ2v) is 7.23. The molecule has 6 heteroatoms. The third-order valence-corrected chi connectivity index (χ3v) is 4.79. The van der Waals surface area contributed by atoms with Crippen LogP contribution in [-0.4, -0.2) is 29.2 Å². The van der Waals surface area contributed by atoms with Crippen molar-refractivity contribution in [2.24, 2.45) is 0 Å². The number of para-hydroxylation sites is 1. The fourth-order valence-corrected chi connectivity index (χ4v) is 3.00. The second-order valence-electron chi connectivity index (χ2n) is 6.42. The minimum Gasteiger partial charge on any atom is -0.396 e. The van der Waals surface area contributed by atoms with E-state index in [1.165, 1.54) is 0 Å². The Kier molecular flexibility index (Phi) is 7.76. The van der Waals surface area contributed by atoms with Gasteiger partial charge >= 0.3 is 6.03 Å². The Morgan fingerprint density at radius 3 is 2.54 bits per heavy atom. The van der Waals surface area contributed by atoms with E-state index in [2.05, 4.69) is 19.2 Å². The number of nitrogens with one attached hydrogen (secondary N) is 1. The van der Waals surface area contributed by atoms with Crippen LogP contribution in [0.4, 0.5) is 10.5 Å². The molecule has 0 atom stereocenters. The maximum absolute atomic E-state index is 12.8. The summed E-state index contributed by atoms with van der Waals surface area (Å²) in [6.45, 7) is 5.02. The summed E-state index contributed by atoms with van der Waals surface area (Å²) in [4.78, 5) is 14.5. The predicted octanol–water partition coefficient (Wildman–Crippen LogP) is 5.53. The number of hydrogen-bond donors (Lipinski definition) is 2. The number of benzene rings is 2. The molecule has 0 radical (unpaired) electrons. The topological polar surface area (TPSA) is 52.6 Å². The van der Waals surface area contributed by atoms with Gasteiger partial charge in [0.25, 0.3) is 0 Å². The number of hydrogen-bond acceptors (Lipinski definition) is 2. The number of amides is 2. The molecule has 2 aromatic rings. The third-order valence-electron chi connectivity index (χ3n) is 4.06. The zero-order valence-corrected chi connectivity index (χ0v) is 16.5. The standard InChI is InChI=1S/C20H24Cl2N2O2/c1-14(2)16-6-3-4-7-19(16)23-20(26)24(10-5-11-25)13-15-8-9-17(21)18(22)12-15/h3-4,6-9,12,14,25H,5,10-11,13H2,1-2H3,(H,23,26). The number of rotatable bonds is 7. The normalized spacial score (nSPS) is 10.8. The maximum atomic E-state index is 12.8. The number of carbonyl (C=O) groups is 1. The SMILES string of the molecule is CC(C)c1ccccc1NC(=O)N(CCCO)Cc1ccc(Cl)c(Cl)c1. The van der Waals surface area contributed by atoms with Gasteiger partial charge in [-0.3, -0.25) is 0 Å². The number of anilines is 1. The van der Waals surface area contributed by atoms with Crippen LogP contribution in [-0.2, 0) is 6.54 Å². The Balaban J connectivity index is 2.17. The largest absolute Gasteiger partial charge is 0.396 e. The van der Waals surface area contributed by atoms with Crippen LogP contribution in [0.25, 0.3) is 0 Å². The highest BCUT2D eigenvalue weighted by atomic mass is 35.5. The lowest BCUT2D eigenvalue weighted by molar-refractivity contribution is 0.199. The Morgan fingerprint density at radius 1 is 1.15 bits per heavy atom. The van der Waals surface area contributed by atoms with E-state index in [0.29, 0.717) is 35.5 Å². The number of urea groups is 1. The highest BCUT2D eigenvalue weighted by molar-refractivity contribution is 6.42. The molecule has 26 heavy (non-hydrogen) atoms. The van der Waals surface area contributed by atoms with Crippen LogP contribution < -0.4 is 5.32 Å². The van der Waals surface area contributed by atoms with Crippen LogP contribution in [0.3, 0.4) is 0 Å². The van der Waals surface area contributed by atoms with Gasteiger partial charge in [0.1, 0.15) is 0 Å². The Morgan fingerprint density at radius 2 is 1.88 bits per heavy atom. The van der Waals surface area contributed by atoms with E-state index in [1.807, 2.05) is 30.3 Å². The van der Waals surface area contributed by atoms with Crippen LogP contribution in [0.15, 0.2) is 42.5 Å². The molecule has 0 heterocycles. The summed E-state index contributed by atoms with van der Waals surface area (Å²) >= 11 is 12.0. The van der Waals surface area contributed by atoms with Gasteiger partial charge in [0.05, 0.1) is 10.0 Å². The van der Waals surface area contributed by atoms with Crippen LogP contribution in [0.2, 0.25) is 10.0 Å². The van der Waals surface area contributed by atoms with E-state index in [0.717, 1.165) is 16.8 Å². The minimum absolute atomic E-state index is 0.0216. The number of halogens is 2. The summed E-state index contributed by atoms with van der Waals surface area (Å²) in [6.07, 6.45) is 0.501. The summed E-state index contributed by atoms with van der Waals surface area (Å²) in [5, 5.41) is 13.1. The van der Waals surface area contributed by atoms with Crippen molar-refractivity contribution in [1.82, 2.24) is 4.90 Å². The number of nitrogens with zero attached hydrogens (tertiary/aromatic N) is 1. The van der Waals surface area contributed by atoms with Crippen LogP contribution in [0, 0.1) is 0 Å². The summed E-state index contributed by atoms with van der Waals surface area (Å²) in [5.74, 6) is 0.299. The smallest absolute Gasteiger partial charge is 0.322 e. The summed E-state index contributed by atoms with van der Waals surface area (Å²) in [6, 6.07) is 12.9. The van der Waals surface area contributed by atoms with Gasteiger partial charge in [-0.1, -0.05) is 61.3 Å². The first-order chi connectivity index (χ1) is 12.4. The molecule has 0 spiro atoms. The quantitative estimate of drug-likeness (QED) is 0.647. The van der Waals surface area contributed by atoms with E-state index in [4.69, 9.17) is 28.3 Å². The molecule has 140 valence electrons. The minimum atomic E-state index is -0.211. The Bertz CT molecular complexity index is 750. The molecule has 0 saturated carbocycles. The molecule has 2 rings (SSSR count). The molecule has 2 N–H and O–H groups in total. The van der Waals surface area contributed by atoms with Gasteiger partial charge in [0, 0.05) is 25.4 Å². The molecule has 0 bridgehead atoms. The van der Waals surface area contributed by atoms with Crippen LogP contribution in [0.5, 0.6) is 0 Å². The Hall–Kier alpha value is -1.75. The lowest BCUT2D eigenvalue weighted by Crippen LogP contribution is -2.36. The lowest BCUT2D eigenvalue weighted by atomic mass is 10.0. The molecule has 0 fully saturated rings. The molecular formula is C20H24Cl2N2O2. The fourth-order valence-electron chi connectivity index (χ4n) is 2.68. The van der Waals surface area contributed by atoms with Gasteiger partial charge in [0.15, 0.2) is 0 Å². The molecule has 2 aromatic carbocycles. The first-order valence-corrected chi connectivity index (χ1v) is 9.37. The summed E-state index contributed by atoms with van der Waals surface area (Å²) < 4.78 is 0. The number of aliphatic hydroxyl groups is 1. The molecule has 0 aromatic heterocycles. The average molecular weight is 395 g/mol. The van der Waals surface area contributed by atoms with Crippen molar-refractivity contribution in [2.45, 2.75) is 32.7 Å². The van der Waals surface area contributed by atoms with Gasteiger partial charge in [-0.2, -0.15) is 0 Å². The maximum Gasteiger partial charge on any atom is 0.322 e. The molecule has 0 aliphatic carbocycles. The third kappa shape index (κ3) is 5.63. The van der Waals surface area contributed by atoms with Gasteiger partial charge < -0.3 is 15.3 Å².